The van der Waals surface area contributed by atoms with E-state index in [0.29, 0.717) is 31.8 Å². The first-order valence-corrected chi connectivity index (χ1v) is 7.76. The average molecular weight is 273 g/mol. The van der Waals surface area contributed by atoms with Gasteiger partial charge in [0, 0.05) is 19.7 Å². The zero-order valence-corrected chi connectivity index (χ0v) is 12.6. The molecule has 0 aromatic heterocycles. The van der Waals surface area contributed by atoms with Gasteiger partial charge in [0.15, 0.2) is 0 Å². The molecule has 1 unspecified atom stereocenters. The summed E-state index contributed by atoms with van der Waals surface area (Å²) in [6, 6.07) is 0. The van der Waals surface area contributed by atoms with Crippen LogP contribution in [0.2, 0.25) is 0 Å². The standard InChI is InChI=1S/C15H31NO3/c1-13(2)11-18-12-14(17)10-16-8-9-19-15-6-4-3-5-7-15/h13-17H,3-12H2,1-2H3. The molecule has 0 aromatic rings. The predicted molar refractivity (Wildman–Crippen MR) is 77.4 cm³/mol. The van der Waals surface area contributed by atoms with E-state index in [9.17, 15) is 5.11 Å². The van der Waals surface area contributed by atoms with Crippen molar-refractivity contribution in [2.75, 3.05) is 32.9 Å². The van der Waals surface area contributed by atoms with Crippen molar-refractivity contribution in [3.63, 3.8) is 0 Å². The third-order valence-corrected chi connectivity index (χ3v) is 3.33. The van der Waals surface area contributed by atoms with Gasteiger partial charge in [-0.25, -0.2) is 0 Å². The minimum absolute atomic E-state index is 0.411. The summed E-state index contributed by atoms with van der Waals surface area (Å²) in [5.41, 5.74) is 0. The quantitative estimate of drug-likeness (QED) is 0.597. The summed E-state index contributed by atoms with van der Waals surface area (Å²) in [5, 5.41) is 12.9. The largest absolute Gasteiger partial charge is 0.389 e. The molecule has 2 N–H and O–H groups in total. The van der Waals surface area contributed by atoms with Crippen LogP contribution in [0.4, 0.5) is 0 Å². The summed E-state index contributed by atoms with van der Waals surface area (Å²) in [5.74, 6) is 0.518. The van der Waals surface area contributed by atoms with Gasteiger partial charge in [-0.3, -0.25) is 0 Å². The Kier molecular flexibility index (Phi) is 9.43. The Morgan fingerprint density at radius 1 is 1.16 bits per heavy atom. The molecule has 19 heavy (non-hydrogen) atoms. The lowest BCUT2D eigenvalue weighted by atomic mass is 9.98. The van der Waals surface area contributed by atoms with Gasteiger partial charge in [-0.15, -0.1) is 0 Å². The third kappa shape index (κ3) is 9.38. The van der Waals surface area contributed by atoms with Crippen LogP contribution in [0.5, 0.6) is 0 Å². The molecule has 0 bridgehead atoms. The number of nitrogens with one attached hydrogen (secondary N) is 1. The van der Waals surface area contributed by atoms with Crippen molar-refractivity contribution >= 4 is 0 Å². The SMILES string of the molecule is CC(C)COCC(O)CNCCOC1CCCCC1. The van der Waals surface area contributed by atoms with E-state index in [2.05, 4.69) is 19.2 Å². The molecule has 0 saturated heterocycles. The van der Waals surface area contributed by atoms with E-state index in [1.165, 1.54) is 32.1 Å². The zero-order valence-electron chi connectivity index (χ0n) is 12.6. The van der Waals surface area contributed by atoms with E-state index < -0.39 is 6.10 Å². The Morgan fingerprint density at radius 3 is 2.58 bits per heavy atom. The maximum Gasteiger partial charge on any atom is 0.0897 e. The number of aliphatic hydroxyl groups is 1. The van der Waals surface area contributed by atoms with Crippen LogP contribution in [0.25, 0.3) is 0 Å². The molecule has 1 aliphatic rings. The van der Waals surface area contributed by atoms with E-state index in [0.717, 1.165) is 13.2 Å². The van der Waals surface area contributed by atoms with Crippen LogP contribution in [-0.2, 0) is 9.47 Å². The normalized spacial score (nSPS) is 18.9. The molecule has 1 saturated carbocycles. The fourth-order valence-corrected chi connectivity index (χ4v) is 2.30. The lowest BCUT2D eigenvalue weighted by Crippen LogP contribution is -2.33. The summed E-state index contributed by atoms with van der Waals surface area (Å²) in [6.07, 6.45) is 6.45. The highest BCUT2D eigenvalue weighted by atomic mass is 16.5. The van der Waals surface area contributed by atoms with Crippen LogP contribution in [0, 0.1) is 5.92 Å². The van der Waals surface area contributed by atoms with Gasteiger partial charge in [-0.05, 0) is 18.8 Å². The van der Waals surface area contributed by atoms with E-state index >= 15 is 0 Å². The van der Waals surface area contributed by atoms with Gasteiger partial charge in [0.05, 0.1) is 25.4 Å². The second-order valence-electron chi connectivity index (χ2n) is 5.92. The highest BCUT2D eigenvalue weighted by Crippen LogP contribution is 2.19. The number of hydrogen-bond acceptors (Lipinski definition) is 4. The maximum absolute atomic E-state index is 9.68. The van der Waals surface area contributed by atoms with Crippen LogP contribution in [0.15, 0.2) is 0 Å². The van der Waals surface area contributed by atoms with E-state index in [1.807, 2.05) is 0 Å². The average Bonchev–Trinajstić information content (AvgIpc) is 2.39. The van der Waals surface area contributed by atoms with Crippen molar-refractivity contribution in [3.8, 4) is 0 Å². The van der Waals surface area contributed by atoms with E-state index in [4.69, 9.17) is 9.47 Å². The Labute approximate surface area is 117 Å². The van der Waals surface area contributed by atoms with Crippen LogP contribution < -0.4 is 5.32 Å². The fraction of sp³-hybridized carbons (Fsp3) is 1.00. The van der Waals surface area contributed by atoms with Crippen molar-refractivity contribution in [3.05, 3.63) is 0 Å². The molecule has 1 aliphatic carbocycles. The Hall–Kier alpha value is -0.160. The second-order valence-corrected chi connectivity index (χ2v) is 5.92. The smallest absolute Gasteiger partial charge is 0.0897 e. The Bertz CT molecular complexity index is 206. The minimum atomic E-state index is -0.423. The number of rotatable bonds is 10. The molecule has 0 aromatic carbocycles. The monoisotopic (exact) mass is 273 g/mol. The van der Waals surface area contributed by atoms with Crippen LogP contribution in [-0.4, -0.2) is 50.2 Å². The van der Waals surface area contributed by atoms with Crippen molar-refractivity contribution in [2.45, 2.75) is 58.2 Å². The summed E-state index contributed by atoms with van der Waals surface area (Å²) in [4.78, 5) is 0. The molecule has 1 fully saturated rings. The molecule has 0 amide bonds. The second kappa shape index (κ2) is 10.6. The number of hydrogen-bond donors (Lipinski definition) is 2. The first-order valence-electron chi connectivity index (χ1n) is 7.76. The van der Waals surface area contributed by atoms with Gasteiger partial charge in [-0.2, -0.15) is 0 Å². The fourth-order valence-electron chi connectivity index (χ4n) is 2.30. The molecular formula is C15H31NO3. The molecule has 4 nitrogen and oxygen atoms in total. The minimum Gasteiger partial charge on any atom is -0.389 e. The summed E-state index contributed by atoms with van der Waals surface area (Å²) < 4.78 is 11.2. The molecule has 1 rings (SSSR count). The zero-order chi connectivity index (χ0) is 13.9. The lowest BCUT2D eigenvalue weighted by Gasteiger charge is -2.22. The van der Waals surface area contributed by atoms with Crippen molar-refractivity contribution in [1.82, 2.24) is 5.32 Å². The summed E-state index contributed by atoms with van der Waals surface area (Å²) in [7, 11) is 0. The van der Waals surface area contributed by atoms with Crippen molar-refractivity contribution in [2.24, 2.45) is 5.92 Å². The molecule has 0 spiro atoms. The van der Waals surface area contributed by atoms with Crippen LogP contribution in [0.3, 0.4) is 0 Å². The highest BCUT2D eigenvalue weighted by molar-refractivity contribution is 4.65. The van der Waals surface area contributed by atoms with Crippen molar-refractivity contribution in [1.29, 1.82) is 0 Å². The van der Waals surface area contributed by atoms with Gasteiger partial charge in [0.25, 0.3) is 0 Å². The Balaban J connectivity index is 1.86. The first-order chi connectivity index (χ1) is 9.18. The van der Waals surface area contributed by atoms with Crippen LogP contribution >= 0.6 is 0 Å². The molecule has 0 aliphatic heterocycles. The molecular weight excluding hydrogens is 242 g/mol. The first kappa shape index (κ1) is 16.9. The molecule has 0 radical (unpaired) electrons. The van der Waals surface area contributed by atoms with E-state index in [1.54, 1.807) is 0 Å². The van der Waals surface area contributed by atoms with Gasteiger partial charge in [-0.1, -0.05) is 33.1 Å². The number of ether oxygens (including phenoxy) is 2. The topological polar surface area (TPSA) is 50.7 Å². The highest BCUT2D eigenvalue weighted by Gasteiger charge is 2.13. The van der Waals surface area contributed by atoms with E-state index in [-0.39, 0.29) is 0 Å². The molecule has 0 heterocycles. The van der Waals surface area contributed by atoms with Crippen molar-refractivity contribution < 1.29 is 14.6 Å². The maximum atomic E-state index is 9.68. The molecule has 4 heteroatoms. The van der Waals surface area contributed by atoms with Gasteiger partial charge in [0.1, 0.15) is 0 Å². The molecule has 114 valence electrons. The molecule has 1 atom stereocenters. The van der Waals surface area contributed by atoms with Gasteiger partial charge >= 0.3 is 0 Å². The summed E-state index contributed by atoms with van der Waals surface area (Å²) >= 11 is 0. The van der Waals surface area contributed by atoms with Crippen LogP contribution in [0.1, 0.15) is 46.0 Å². The lowest BCUT2D eigenvalue weighted by molar-refractivity contribution is 0.0177. The predicted octanol–water partition coefficient (Wildman–Crippen LogP) is 1.96. The summed E-state index contributed by atoms with van der Waals surface area (Å²) in [6.45, 7) is 7.45. The third-order valence-electron chi connectivity index (χ3n) is 3.33. The number of aliphatic hydroxyl groups excluding tert-OH is 1. The van der Waals surface area contributed by atoms with Gasteiger partial charge in [0.2, 0.25) is 0 Å². The van der Waals surface area contributed by atoms with Gasteiger partial charge < -0.3 is 19.9 Å². The Morgan fingerprint density at radius 2 is 1.89 bits per heavy atom.